The van der Waals surface area contributed by atoms with Gasteiger partial charge in [-0.1, -0.05) is 90.6 Å². The summed E-state index contributed by atoms with van der Waals surface area (Å²) in [4.78, 5) is 12.0. The van der Waals surface area contributed by atoms with Crippen LogP contribution in [-0.2, 0) is 24.1 Å². The van der Waals surface area contributed by atoms with Crippen LogP contribution in [0.5, 0.6) is 0 Å². The topological polar surface area (TPSA) is 113 Å². The largest absolute Gasteiger partial charge is 0.726 e. The molecule has 0 aromatic carbocycles. The molecule has 0 aromatic heterocycles. The minimum atomic E-state index is -4.41. The molecule has 0 spiro atoms. The third-order valence-electron chi connectivity index (χ3n) is 6.27. The van der Waals surface area contributed by atoms with Crippen molar-refractivity contribution in [3.63, 3.8) is 0 Å². The summed E-state index contributed by atoms with van der Waals surface area (Å²) in [5.41, 5.74) is 0.466. The smallest absolute Gasteiger partial charge is 0.333 e. The highest BCUT2D eigenvalue weighted by molar-refractivity contribution is 7.80. The van der Waals surface area contributed by atoms with Crippen LogP contribution in [-0.4, -0.2) is 75.0 Å². The SMILES string of the molecule is C=C(C)C(=O)OC(CCCCCCCCCCCCCCC)CC[N+](C)(C)CC(C)O.COS(=O)(=O)[O-]. The van der Waals surface area contributed by atoms with Crippen molar-refractivity contribution in [1.29, 1.82) is 0 Å². The third kappa shape index (κ3) is 29.4. The molecule has 0 aromatic rings. The van der Waals surface area contributed by atoms with Crippen molar-refractivity contribution >= 4 is 16.4 Å². The van der Waals surface area contributed by atoms with Gasteiger partial charge in [-0.05, 0) is 26.7 Å². The molecule has 0 amide bonds. The molecule has 9 heteroatoms. The summed E-state index contributed by atoms with van der Waals surface area (Å²) in [7, 11) is 0.637. The van der Waals surface area contributed by atoms with Gasteiger partial charge in [0.15, 0.2) is 0 Å². The Balaban J connectivity index is 0. The van der Waals surface area contributed by atoms with Gasteiger partial charge in [0.2, 0.25) is 10.4 Å². The maximum absolute atomic E-state index is 12.0. The molecule has 0 saturated carbocycles. The average molecular weight is 552 g/mol. The first-order valence-electron chi connectivity index (χ1n) is 14.1. The Morgan fingerprint density at radius 1 is 0.919 bits per heavy atom. The zero-order valence-corrected chi connectivity index (χ0v) is 25.5. The number of esters is 1. The summed E-state index contributed by atoms with van der Waals surface area (Å²) >= 11 is 0. The van der Waals surface area contributed by atoms with Crippen LogP contribution in [0.3, 0.4) is 0 Å². The lowest BCUT2D eigenvalue weighted by atomic mass is 10.0. The van der Waals surface area contributed by atoms with Gasteiger partial charge in [0.1, 0.15) is 18.8 Å². The van der Waals surface area contributed by atoms with Gasteiger partial charge in [0.25, 0.3) is 0 Å². The molecule has 0 aliphatic heterocycles. The summed E-state index contributed by atoms with van der Waals surface area (Å²) in [6.45, 7) is 11.1. The second kappa shape index (κ2) is 22.9. The highest BCUT2D eigenvalue weighted by atomic mass is 32.3. The molecule has 8 nitrogen and oxygen atoms in total. The number of nitrogens with zero attached hydrogens (tertiary/aromatic N) is 1. The number of unbranched alkanes of at least 4 members (excludes halogenated alkanes) is 12. The molecule has 0 saturated heterocycles. The van der Waals surface area contributed by atoms with Crippen LogP contribution >= 0.6 is 0 Å². The van der Waals surface area contributed by atoms with E-state index < -0.39 is 10.4 Å². The van der Waals surface area contributed by atoms with Crippen molar-refractivity contribution in [3.05, 3.63) is 12.2 Å². The Morgan fingerprint density at radius 2 is 1.32 bits per heavy atom. The van der Waals surface area contributed by atoms with E-state index in [0.717, 1.165) is 37.4 Å². The number of carbonyl (C=O) groups is 1. The Morgan fingerprint density at radius 3 is 1.68 bits per heavy atom. The molecule has 0 aliphatic carbocycles. The van der Waals surface area contributed by atoms with E-state index in [1.54, 1.807) is 6.92 Å². The fraction of sp³-hybridized carbons (Fsp3) is 0.893. The van der Waals surface area contributed by atoms with E-state index >= 15 is 0 Å². The number of likely N-dealkylation sites (N-methyl/N-ethyl adjacent to an activating group) is 1. The molecule has 0 aliphatic rings. The minimum Gasteiger partial charge on any atom is -0.726 e. The van der Waals surface area contributed by atoms with Crippen molar-refractivity contribution in [2.24, 2.45) is 0 Å². The van der Waals surface area contributed by atoms with E-state index in [-0.39, 0.29) is 18.2 Å². The molecule has 2 atom stereocenters. The molecular formula is C28H57NO7S. The number of hydrogen-bond donors (Lipinski definition) is 1. The van der Waals surface area contributed by atoms with Gasteiger partial charge >= 0.3 is 5.97 Å². The number of carbonyl (C=O) groups excluding carboxylic acids is 1. The van der Waals surface area contributed by atoms with E-state index in [1.807, 2.05) is 6.92 Å². The van der Waals surface area contributed by atoms with Crippen LogP contribution in [0.4, 0.5) is 0 Å². The molecule has 0 rings (SSSR count). The fourth-order valence-electron chi connectivity index (χ4n) is 4.20. The zero-order chi connectivity index (χ0) is 28.7. The van der Waals surface area contributed by atoms with Crippen molar-refractivity contribution in [2.45, 2.75) is 129 Å². The van der Waals surface area contributed by atoms with Gasteiger partial charge in [-0.15, -0.1) is 0 Å². The fourth-order valence-corrected chi connectivity index (χ4v) is 4.20. The molecule has 37 heavy (non-hydrogen) atoms. The monoisotopic (exact) mass is 551 g/mol. The summed E-state index contributed by atoms with van der Waals surface area (Å²) in [5, 5.41) is 9.69. The molecule has 0 radical (unpaired) electrons. The van der Waals surface area contributed by atoms with E-state index in [1.165, 1.54) is 77.0 Å². The first-order chi connectivity index (χ1) is 17.2. The van der Waals surface area contributed by atoms with Crippen LogP contribution in [0.15, 0.2) is 12.2 Å². The molecule has 1 N–H and O–H groups in total. The number of aliphatic hydroxyl groups is 1. The highest BCUT2D eigenvalue weighted by Crippen LogP contribution is 2.17. The quantitative estimate of drug-likeness (QED) is 0.0445. The molecule has 0 fully saturated rings. The second-order valence-corrected chi connectivity index (χ2v) is 12.0. The van der Waals surface area contributed by atoms with Gasteiger partial charge in [-0.25, -0.2) is 13.2 Å². The Bertz CT molecular complexity index is 678. The van der Waals surface area contributed by atoms with Crippen LogP contribution in [0, 0.1) is 0 Å². The van der Waals surface area contributed by atoms with Crippen molar-refractivity contribution in [3.8, 4) is 0 Å². The maximum Gasteiger partial charge on any atom is 0.333 e. The lowest BCUT2D eigenvalue weighted by Crippen LogP contribution is -2.46. The van der Waals surface area contributed by atoms with Crippen molar-refractivity contribution in [2.75, 3.05) is 34.3 Å². The summed E-state index contributed by atoms with van der Waals surface area (Å²) in [5.74, 6) is -0.277. The van der Waals surface area contributed by atoms with E-state index in [2.05, 4.69) is 31.8 Å². The average Bonchev–Trinajstić information content (AvgIpc) is 2.79. The van der Waals surface area contributed by atoms with Gasteiger partial charge in [-0.3, -0.25) is 4.18 Å². The maximum atomic E-state index is 12.0. The third-order valence-corrected chi connectivity index (χ3v) is 6.68. The number of hydrogen-bond acceptors (Lipinski definition) is 7. The van der Waals surface area contributed by atoms with E-state index in [0.29, 0.717) is 12.1 Å². The Hall–Kier alpha value is -1.00. The van der Waals surface area contributed by atoms with Gasteiger partial charge < -0.3 is 18.9 Å². The number of ether oxygens (including phenoxy) is 1. The van der Waals surface area contributed by atoms with Crippen LogP contribution < -0.4 is 0 Å². The number of rotatable bonds is 22. The van der Waals surface area contributed by atoms with E-state index in [4.69, 9.17) is 4.74 Å². The predicted octanol–water partition coefficient (Wildman–Crippen LogP) is 5.90. The second-order valence-electron chi connectivity index (χ2n) is 10.9. The van der Waals surface area contributed by atoms with Crippen LogP contribution in [0.25, 0.3) is 0 Å². The minimum absolute atomic E-state index is 0.0525. The van der Waals surface area contributed by atoms with E-state index in [9.17, 15) is 22.9 Å². The normalized spacial score (nSPS) is 13.4. The molecule has 222 valence electrons. The first-order valence-corrected chi connectivity index (χ1v) is 15.5. The van der Waals surface area contributed by atoms with Gasteiger partial charge in [0, 0.05) is 12.0 Å². The standard InChI is InChI=1S/C27H54NO3.CH4O4S/c1-7-8-9-10-11-12-13-14-15-16-17-18-19-20-26(31-27(30)24(2)3)21-22-28(5,6)23-25(4)29;1-5-6(2,3)4/h25-26,29H,2,7-23H2,1,3-6H3;1H3,(H,2,3,4)/q+1;/p-1. The lowest BCUT2D eigenvalue weighted by Gasteiger charge is -2.32. The molecule has 2 unspecified atom stereocenters. The summed E-state index contributed by atoms with van der Waals surface area (Å²) in [6, 6.07) is 0. The predicted molar refractivity (Wildman–Crippen MR) is 150 cm³/mol. The summed E-state index contributed by atoms with van der Waals surface area (Å²) in [6.07, 6.45) is 18.8. The molecule has 0 bridgehead atoms. The zero-order valence-electron chi connectivity index (χ0n) is 24.6. The van der Waals surface area contributed by atoms with Crippen LogP contribution in [0.1, 0.15) is 117 Å². The molecule has 0 heterocycles. The van der Waals surface area contributed by atoms with Crippen molar-refractivity contribution < 1.29 is 36.3 Å². The Labute approximate surface area is 228 Å². The number of aliphatic hydroxyl groups excluding tert-OH is 1. The van der Waals surface area contributed by atoms with Crippen molar-refractivity contribution in [1.82, 2.24) is 0 Å². The number of quaternary nitrogens is 1. The van der Waals surface area contributed by atoms with Gasteiger partial charge in [0.05, 0.1) is 27.7 Å². The molecular weight excluding hydrogens is 494 g/mol. The lowest BCUT2D eigenvalue weighted by molar-refractivity contribution is -0.893. The van der Waals surface area contributed by atoms with Crippen LogP contribution in [0.2, 0.25) is 0 Å². The van der Waals surface area contributed by atoms with Gasteiger partial charge in [-0.2, -0.15) is 0 Å². The summed E-state index contributed by atoms with van der Waals surface area (Å²) < 4.78 is 37.5. The highest BCUT2D eigenvalue weighted by Gasteiger charge is 2.22. The Kier molecular flexibility index (Phi) is 23.6. The first kappa shape index (κ1) is 38.1.